The molecule has 9 unspecified atom stereocenters. The van der Waals surface area contributed by atoms with Crippen molar-refractivity contribution in [3.63, 3.8) is 0 Å². The molecule has 6 nitrogen and oxygen atoms in total. The number of fused-ring (bicyclic) bond motifs is 5. The van der Waals surface area contributed by atoms with Crippen LogP contribution in [0.1, 0.15) is 86.0 Å². The van der Waals surface area contributed by atoms with Gasteiger partial charge in [0, 0.05) is 31.6 Å². The first-order valence-corrected chi connectivity index (χ1v) is 12.0. The maximum atomic E-state index is 13.8. The number of ether oxygens (including phenoxy) is 2. The summed E-state index contributed by atoms with van der Waals surface area (Å²) in [5.74, 6) is -0.0593. The minimum absolute atomic E-state index is 0.0312. The number of aliphatic hydroxyl groups is 1. The van der Waals surface area contributed by atoms with Crippen LogP contribution in [0.25, 0.3) is 0 Å². The van der Waals surface area contributed by atoms with Crippen LogP contribution in [-0.4, -0.2) is 40.6 Å². The van der Waals surface area contributed by atoms with Crippen LogP contribution in [0.3, 0.4) is 0 Å². The van der Waals surface area contributed by atoms with E-state index in [2.05, 4.69) is 13.8 Å². The number of ketones is 1. The lowest BCUT2D eigenvalue weighted by molar-refractivity contribution is -0.231. The second-order valence-electron chi connectivity index (χ2n) is 11.3. The molecule has 9 atom stereocenters. The van der Waals surface area contributed by atoms with E-state index in [9.17, 15) is 19.5 Å². The van der Waals surface area contributed by atoms with Crippen molar-refractivity contribution >= 4 is 17.7 Å². The van der Waals surface area contributed by atoms with Gasteiger partial charge in [-0.25, -0.2) is 0 Å². The van der Waals surface area contributed by atoms with Gasteiger partial charge in [-0.05, 0) is 75.0 Å². The fourth-order valence-corrected chi connectivity index (χ4v) is 8.48. The Morgan fingerprint density at radius 2 is 1.71 bits per heavy atom. The van der Waals surface area contributed by atoms with Crippen LogP contribution < -0.4 is 0 Å². The van der Waals surface area contributed by atoms with Crippen molar-refractivity contribution in [2.45, 2.75) is 104 Å². The maximum absolute atomic E-state index is 13.8. The Bertz CT molecular complexity index is 778. The highest BCUT2D eigenvalue weighted by molar-refractivity contribution is 5.90. The summed E-state index contributed by atoms with van der Waals surface area (Å²) >= 11 is 0. The van der Waals surface area contributed by atoms with Gasteiger partial charge in [0.1, 0.15) is 17.8 Å². The largest absolute Gasteiger partial charge is 0.463 e. The SMILES string of the molecule is CC(=O)OC1CCC2(C)C(CCC3C4CCC(C(C)OC(C)=O)C4(C)CC(=O)C32O)C1. The highest BCUT2D eigenvalue weighted by Crippen LogP contribution is 2.68. The van der Waals surface area contributed by atoms with Crippen molar-refractivity contribution in [2.24, 2.45) is 34.5 Å². The second kappa shape index (κ2) is 7.57. The average molecular weight is 435 g/mol. The Balaban J connectivity index is 1.62. The molecule has 0 saturated heterocycles. The second-order valence-corrected chi connectivity index (χ2v) is 11.3. The Kier molecular flexibility index (Phi) is 5.55. The summed E-state index contributed by atoms with van der Waals surface area (Å²) in [4.78, 5) is 36.8. The monoisotopic (exact) mass is 434 g/mol. The molecule has 0 bridgehead atoms. The predicted octanol–water partition coefficient (Wildman–Crippen LogP) is 3.82. The van der Waals surface area contributed by atoms with Crippen LogP contribution in [0.4, 0.5) is 0 Å². The third-order valence-electron chi connectivity index (χ3n) is 9.85. The number of carbonyl (C=O) groups excluding carboxylic acids is 3. The average Bonchev–Trinajstić information content (AvgIpc) is 2.99. The number of rotatable bonds is 3. The maximum Gasteiger partial charge on any atom is 0.302 e. The molecule has 0 aliphatic heterocycles. The van der Waals surface area contributed by atoms with Crippen LogP contribution in [0.2, 0.25) is 0 Å². The van der Waals surface area contributed by atoms with Gasteiger partial charge in [0.05, 0.1) is 0 Å². The lowest BCUT2D eigenvalue weighted by Gasteiger charge is -2.64. The topological polar surface area (TPSA) is 89.9 Å². The summed E-state index contributed by atoms with van der Waals surface area (Å²) in [6.45, 7) is 9.10. The van der Waals surface area contributed by atoms with E-state index in [4.69, 9.17) is 9.47 Å². The van der Waals surface area contributed by atoms with E-state index in [-0.39, 0.29) is 59.0 Å². The zero-order chi connectivity index (χ0) is 22.8. The lowest BCUT2D eigenvalue weighted by atomic mass is 9.42. The van der Waals surface area contributed by atoms with Crippen LogP contribution >= 0.6 is 0 Å². The number of esters is 2. The molecule has 4 saturated carbocycles. The summed E-state index contributed by atoms with van der Waals surface area (Å²) < 4.78 is 11.0. The van der Waals surface area contributed by atoms with E-state index >= 15 is 0 Å². The highest BCUT2D eigenvalue weighted by Gasteiger charge is 2.71. The van der Waals surface area contributed by atoms with Gasteiger partial charge in [0.15, 0.2) is 5.78 Å². The Morgan fingerprint density at radius 1 is 1.03 bits per heavy atom. The zero-order valence-corrected chi connectivity index (χ0v) is 19.6. The van der Waals surface area contributed by atoms with Gasteiger partial charge in [-0.3, -0.25) is 14.4 Å². The molecule has 0 aromatic rings. The summed E-state index contributed by atoms with van der Waals surface area (Å²) in [5.41, 5.74) is -2.05. The van der Waals surface area contributed by atoms with E-state index in [0.29, 0.717) is 19.3 Å². The zero-order valence-electron chi connectivity index (χ0n) is 19.6. The van der Waals surface area contributed by atoms with Crippen molar-refractivity contribution in [1.29, 1.82) is 0 Å². The van der Waals surface area contributed by atoms with E-state index in [0.717, 1.165) is 32.1 Å². The minimum Gasteiger partial charge on any atom is -0.463 e. The van der Waals surface area contributed by atoms with Crippen LogP contribution in [0.5, 0.6) is 0 Å². The Morgan fingerprint density at radius 3 is 2.35 bits per heavy atom. The molecule has 31 heavy (non-hydrogen) atoms. The fraction of sp³-hybridized carbons (Fsp3) is 0.880. The van der Waals surface area contributed by atoms with Crippen molar-refractivity contribution in [3.8, 4) is 0 Å². The number of carbonyl (C=O) groups is 3. The van der Waals surface area contributed by atoms with Gasteiger partial charge >= 0.3 is 11.9 Å². The molecule has 6 heteroatoms. The quantitative estimate of drug-likeness (QED) is 0.679. The molecule has 4 aliphatic rings. The Labute approximate surface area is 185 Å². The standard InChI is InChI=1S/C25H38O6/c1-14(30-15(2)26)19-8-9-20-21-7-6-17-12-18(31-16(3)27)10-11-24(17,5)25(21,29)22(28)13-23(19,20)4/h14,17-21,29H,6-13H2,1-5H3. The number of Topliss-reactive ketones (excluding diaryl/α,β-unsaturated/α-hetero) is 1. The Hall–Kier alpha value is -1.43. The molecule has 4 fully saturated rings. The van der Waals surface area contributed by atoms with E-state index in [1.54, 1.807) is 0 Å². The summed E-state index contributed by atoms with van der Waals surface area (Å²) in [6, 6.07) is 0. The lowest BCUT2D eigenvalue weighted by Crippen LogP contribution is -2.70. The van der Waals surface area contributed by atoms with Crippen LogP contribution in [-0.2, 0) is 23.9 Å². The van der Waals surface area contributed by atoms with Gasteiger partial charge in [-0.15, -0.1) is 0 Å². The normalized spacial score (nSPS) is 47.5. The molecule has 4 rings (SSSR count). The first-order valence-electron chi connectivity index (χ1n) is 12.0. The molecule has 0 heterocycles. The minimum atomic E-state index is -1.32. The summed E-state index contributed by atoms with van der Waals surface area (Å²) in [5, 5.41) is 12.2. The van der Waals surface area contributed by atoms with E-state index in [1.807, 2.05) is 6.92 Å². The molecule has 1 N–H and O–H groups in total. The molecule has 0 aromatic carbocycles. The first kappa shape index (κ1) is 22.8. The smallest absolute Gasteiger partial charge is 0.302 e. The molecular formula is C25H38O6. The van der Waals surface area contributed by atoms with Crippen molar-refractivity contribution in [3.05, 3.63) is 0 Å². The fourth-order valence-electron chi connectivity index (χ4n) is 8.48. The molecular weight excluding hydrogens is 396 g/mol. The summed E-state index contributed by atoms with van der Waals surface area (Å²) in [6.07, 6.45) is 5.79. The van der Waals surface area contributed by atoms with Gasteiger partial charge in [0.25, 0.3) is 0 Å². The first-order chi connectivity index (χ1) is 14.4. The highest BCUT2D eigenvalue weighted by atomic mass is 16.5. The van der Waals surface area contributed by atoms with Crippen molar-refractivity contribution in [1.82, 2.24) is 0 Å². The van der Waals surface area contributed by atoms with Crippen LogP contribution in [0, 0.1) is 34.5 Å². The van der Waals surface area contributed by atoms with Gasteiger partial charge in [-0.2, -0.15) is 0 Å². The van der Waals surface area contributed by atoms with Crippen molar-refractivity contribution in [2.75, 3.05) is 0 Å². The summed E-state index contributed by atoms with van der Waals surface area (Å²) in [7, 11) is 0. The van der Waals surface area contributed by atoms with Gasteiger partial charge in [-0.1, -0.05) is 13.8 Å². The number of hydrogen-bond donors (Lipinski definition) is 1. The molecule has 0 radical (unpaired) electrons. The van der Waals surface area contributed by atoms with Crippen molar-refractivity contribution < 1.29 is 29.0 Å². The third-order valence-corrected chi connectivity index (χ3v) is 9.85. The molecule has 0 amide bonds. The van der Waals surface area contributed by atoms with E-state index < -0.39 is 11.0 Å². The third kappa shape index (κ3) is 3.27. The van der Waals surface area contributed by atoms with Gasteiger partial charge < -0.3 is 14.6 Å². The van der Waals surface area contributed by atoms with E-state index in [1.165, 1.54) is 13.8 Å². The molecule has 174 valence electrons. The number of hydrogen-bond acceptors (Lipinski definition) is 6. The predicted molar refractivity (Wildman–Crippen MR) is 114 cm³/mol. The van der Waals surface area contributed by atoms with Crippen LogP contribution in [0.15, 0.2) is 0 Å². The molecule has 4 aliphatic carbocycles. The molecule has 0 spiro atoms. The molecule has 0 aromatic heterocycles. The van der Waals surface area contributed by atoms with Gasteiger partial charge in [0.2, 0.25) is 0 Å².